The molecule has 0 aliphatic carbocycles. The molecular weight excluding hydrogens is 444 g/mol. The van der Waals surface area contributed by atoms with Gasteiger partial charge >= 0.3 is 0 Å². The third kappa shape index (κ3) is 4.72. The maximum absolute atomic E-state index is 13.6. The Balaban J connectivity index is 1.54. The number of methoxy groups -OCH3 is 1. The minimum atomic E-state index is -1.06. The summed E-state index contributed by atoms with van der Waals surface area (Å²) in [6.07, 6.45) is 3.15. The molecule has 2 heterocycles. The summed E-state index contributed by atoms with van der Waals surface area (Å²) in [5, 5.41) is 3.89. The summed E-state index contributed by atoms with van der Waals surface area (Å²) >= 11 is 0. The van der Waals surface area contributed by atoms with Gasteiger partial charge in [-0.3, -0.25) is 14.6 Å². The average Bonchev–Trinajstić information content (AvgIpc) is 3.29. The summed E-state index contributed by atoms with van der Waals surface area (Å²) in [7, 11) is 1.62. The van der Waals surface area contributed by atoms with E-state index < -0.39 is 17.2 Å². The summed E-state index contributed by atoms with van der Waals surface area (Å²) < 4.78 is 32.3. The van der Waals surface area contributed by atoms with Crippen LogP contribution < -0.4 is 11.4 Å². The van der Waals surface area contributed by atoms with E-state index in [1.165, 1.54) is 12.3 Å². The molecule has 1 aromatic heterocycles. The molecule has 3 N–H and O–H groups in total. The molecule has 0 saturated carbocycles. The van der Waals surface area contributed by atoms with Crippen molar-refractivity contribution in [1.82, 2.24) is 9.88 Å². The molecule has 0 unspecified atom stereocenters. The van der Waals surface area contributed by atoms with Crippen LogP contribution in [0.2, 0.25) is 0 Å². The van der Waals surface area contributed by atoms with Gasteiger partial charge in [0.15, 0.2) is 11.6 Å². The third-order valence-corrected chi connectivity index (χ3v) is 5.75. The summed E-state index contributed by atoms with van der Waals surface area (Å²) in [6, 6.07) is 10.0. The van der Waals surface area contributed by atoms with Crippen molar-refractivity contribution < 1.29 is 18.3 Å². The Labute approximate surface area is 193 Å². The molecule has 176 valence electrons. The van der Waals surface area contributed by atoms with Gasteiger partial charge in [-0.05, 0) is 49.2 Å². The molecule has 8 nitrogen and oxygen atoms in total. The van der Waals surface area contributed by atoms with Crippen LogP contribution in [0, 0.1) is 11.6 Å². The summed E-state index contributed by atoms with van der Waals surface area (Å²) in [6.45, 7) is 1.20. The highest BCUT2D eigenvalue weighted by atomic mass is 19.2. The van der Waals surface area contributed by atoms with Gasteiger partial charge in [-0.15, -0.1) is 0 Å². The van der Waals surface area contributed by atoms with E-state index in [-0.39, 0.29) is 34.1 Å². The predicted molar refractivity (Wildman–Crippen MR) is 126 cm³/mol. The molecule has 1 aliphatic rings. The van der Waals surface area contributed by atoms with Crippen LogP contribution in [0.25, 0.3) is 10.9 Å². The van der Waals surface area contributed by atoms with Crippen LogP contribution in [0.15, 0.2) is 57.4 Å². The standard InChI is InChI=1S/C24H23F2N5O3/c1-34-13-17-3-2-8-31(17)24(33)14-4-6-16(7-5-14)28-12-22(30-27)18-9-15-10-19(25)20(26)11-21(15)29-23(18)32/h4-7,9-12,17H,2-3,8,13,27H2,1H3,(H,29,32)/t17-/m0/s1. The highest BCUT2D eigenvalue weighted by Crippen LogP contribution is 2.22. The Morgan fingerprint density at radius 1 is 1.24 bits per heavy atom. The van der Waals surface area contributed by atoms with Crippen molar-refractivity contribution >= 4 is 34.4 Å². The number of ether oxygens (including phenoxy) is 1. The third-order valence-electron chi connectivity index (χ3n) is 5.75. The number of H-pyrrole nitrogens is 1. The van der Waals surface area contributed by atoms with Crippen LogP contribution in [0.1, 0.15) is 28.8 Å². The normalized spacial score (nSPS) is 16.6. The number of amides is 1. The maximum atomic E-state index is 13.6. The fraction of sp³-hybridized carbons (Fsp3) is 0.250. The number of aliphatic imine (C=N–C) groups is 1. The number of fused-ring (bicyclic) bond motifs is 1. The first-order valence-corrected chi connectivity index (χ1v) is 10.7. The number of hydrogen-bond acceptors (Lipinski definition) is 6. The number of halogens is 2. The quantitative estimate of drug-likeness (QED) is 0.329. The van der Waals surface area contributed by atoms with Crippen LogP contribution in [0.4, 0.5) is 14.5 Å². The number of aromatic nitrogens is 1. The van der Waals surface area contributed by atoms with Crippen molar-refractivity contribution in [2.75, 3.05) is 20.3 Å². The van der Waals surface area contributed by atoms with Crippen molar-refractivity contribution in [3.8, 4) is 0 Å². The van der Waals surface area contributed by atoms with E-state index in [9.17, 15) is 18.4 Å². The first kappa shape index (κ1) is 23.2. The smallest absolute Gasteiger partial charge is 0.258 e. The largest absolute Gasteiger partial charge is 0.383 e. The second-order valence-corrected chi connectivity index (χ2v) is 7.94. The Hall–Kier alpha value is -3.92. The second kappa shape index (κ2) is 9.92. The van der Waals surface area contributed by atoms with Crippen LogP contribution >= 0.6 is 0 Å². The summed E-state index contributed by atoms with van der Waals surface area (Å²) in [5.41, 5.74) is 0.716. The number of nitrogens with one attached hydrogen (secondary N) is 1. The number of carbonyl (C=O) groups excluding carboxylic acids is 1. The molecule has 1 aliphatic heterocycles. The van der Waals surface area contributed by atoms with Crippen molar-refractivity contribution in [3.63, 3.8) is 0 Å². The van der Waals surface area contributed by atoms with Gasteiger partial charge in [0, 0.05) is 30.7 Å². The number of nitrogens with zero attached hydrogens (tertiary/aromatic N) is 3. The topological polar surface area (TPSA) is 113 Å². The Morgan fingerprint density at radius 3 is 2.68 bits per heavy atom. The van der Waals surface area contributed by atoms with E-state index in [0.29, 0.717) is 24.4 Å². The van der Waals surface area contributed by atoms with Gasteiger partial charge in [0.25, 0.3) is 11.5 Å². The molecule has 1 saturated heterocycles. The predicted octanol–water partition coefficient (Wildman–Crippen LogP) is 3.12. The van der Waals surface area contributed by atoms with E-state index in [0.717, 1.165) is 25.0 Å². The number of aromatic amines is 1. The van der Waals surface area contributed by atoms with Crippen LogP contribution in [0.3, 0.4) is 0 Å². The van der Waals surface area contributed by atoms with Gasteiger partial charge in [-0.25, -0.2) is 8.78 Å². The van der Waals surface area contributed by atoms with E-state index in [1.54, 1.807) is 31.4 Å². The number of carbonyl (C=O) groups is 1. The highest BCUT2D eigenvalue weighted by Gasteiger charge is 2.29. The van der Waals surface area contributed by atoms with Crippen LogP contribution in [0.5, 0.6) is 0 Å². The van der Waals surface area contributed by atoms with Gasteiger partial charge in [-0.2, -0.15) is 5.10 Å². The molecule has 2 aromatic carbocycles. The maximum Gasteiger partial charge on any atom is 0.258 e. The summed E-state index contributed by atoms with van der Waals surface area (Å²) in [5.74, 6) is 3.29. The Kier molecular flexibility index (Phi) is 6.78. The van der Waals surface area contributed by atoms with Gasteiger partial charge in [0.05, 0.1) is 35.6 Å². The van der Waals surface area contributed by atoms with Gasteiger partial charge < -0.3 is 20.5 Å². The lowest BCUT2D eigenvalue weighted by molar-refractivity contribution is 0.0630. The minimum Gasteiger partial charge on any atom is -0.383 e. The molecule has 1 amide bonds. The molecule has 0 bridgehead atoms. The van der Waals surface area contributed by atoms with Crippen LogP contribution in [-0.4, -0.2) is 54.0 Å². The highest BCUT2D eigenvalue weighted by molar-refractivity contribution is 6.38. The fourth-order valence-corrected chi connectivity index (χ4v) is 4.02. The zero-order valence-corrected chi connectivity index (χ0v) is 18.4. The SMILES string of the molecule is COC[C@@H]1CCCN1C(=O)c1ccc(N=CC(=NN)c2cc3cc(F)c(F)cc3[nH]c2=O)cc1. The number of benzene rings is 2. The molecular formula is C24H23F2N5O3. The molecule has 34 heavy (non-hydrogen) atoms. The average molecular weight is 467 g/mol. The first-order chi connectivity index (χ1) is 16.4. The van der Waals surface area contributed by atoms with E-state index in [4.69, 9.17) is 10.6 Å². The zero-order valence-electron chi connectivity index (χ0n) is 18.4. The van der Waals surface area contributed by atoms with Crippen molar-refractivity contribution in [1.29, 1.82) is 0 Å². The molecule has 0 spiro atoms. The number of likely N-dealkylation sites (tertiary alicyclic amines) is 1. The fourth-order valence-electron chi connectivity index (χ4n) is 4.02. The van der Waals surface area contributed by atoms with Gasteiger partial charge in [-0.1, -0.05) is 0 Å². The summed E-state index contributed by atoms with van der Waals surface area (Å²) in [4.78, 5) is 33.9. The number of rotatable bonds is 6. The number of pyridine rings is 1. The number of nitrogens with two attached hydrogens (primary N) is 1. The first-order valence-electron chi connectivity index (χ1n) is 10.7. The molecule has 4 rings (SSSR count). The lowest BCUT2D eigenvalue weighted by Crippen LogP contribution is -2.38. The lowest BCUT2D eigenvalue weighted by Gasteiger charge is -2.24. The Bertz CT molecular complexity index is 1330. The second-order valence-electron chi connectivity index (χ2n) is 7.94. The molecule has 0 radical (unpaired) electrons. The molecule has 10 heteroatoms. The number of hydrogen-bond donors (Lipinski definition) is 2. The monoisotopic (exact) mass is 467 g/mol. The van der Waals surface area contributed by atoms with Crippen molar-refractivity contribution in [2.45, 2.75) is 18.9 Å². The van der Waals surface area contributed by atoms with Crippen molar-refractivity contribution in [2.24, 2.45) is 15.9 Å². The number of hydrazone groups is 1. The van der Waals surface area contributed by atoms with Crippen molar-refractivity contribution in [3.05, 3.63) is 75.6 Å². The zero-order chi connectivity index (χ0) is 24.2. The molecule has 3 aromatic rings. The lowest BCUT2D eigenvalue weighted by atomic mass is 10.1. The van der Waals surface area contributed by atoms with E-state index >= 15 is 0 Å². The van der Waals surface area contributed by atoms with Gasteiger partial charge in [0.1, 0.15) is 5.71 Å². The molecule has 1 atom stereocenters. The van der Waals surface area contributed by atoms with E-state index in [2.05, 4.69) is 15.1 Å². The van der Waals surface area contributed by atoms with Gasteiger partial charge in [0.2, 0.25) is 0 Å². The van der Waals surface area contributed by atoms with Crippen LogP contribution in [-0.2, 0) is 4.74 Å². The van der Waals surface area contributed by atoms with E-state index in [1.807, 2.05) is 4.90 Å². The Morgan fingerprint density at radius 2 is 1.97 bits per heavy atom. The molecule has 1 fully saturated rings. The minimum absolute atomic E-state index is 0.0486.